The van der Waals surface area contributed by atoms with E-state index in [2.05, 4.69) is 10.4 Å². The van der Waals surface area contributed by atoms with Crippen LogP contribution in [0.25, 0.3) is 0 Å². The third kappa shape index (κ3) is 2.56. The molecule has 5 nitrogen and oxygen atoms in total. The van der Waals surface area contributed by atoms with Gasteiger partial charge in [-0.1, -0.05) is 6.92 Å². The van der Waals surface area contributed by atoms with Crippen molar-refractivity contribution in [1.82, 2.24) is 15.1 Å². The van der Waals surface area contributed by atoms with Crippen LogP contribution in [0, 0.1) is 0 Å². The van der Waals surface area contributed by atoms with Crippen LogP contribution >= 0.6 is 0 Å². The number of nitrogens with zero attached hydrogens (tertiary/aromatic N) is 2. The molecule has 1 atom stereocenters. The van der Waals surface area contributed by atoms with Gasteiger partial charge in [0, 0.05) is 25.8 Å². The van der Waals surface area contributed by atoms with Gasteiger partial charge in [-0.2, -0.15) is 5.10 Å². The van der Waals surface area contributed by atoms with Crippen LogP contribution in [0.4, 0.5) is 0 Å². The summed E-state index contributed by atoms with van der Waals surface area (Å²) in [5.41, 5.74) is 6.05. The zero-order chi connectivity index (χ0) is 10.6. The van der Waals surface area contributed by atoms with Crippen LogP contribution in [0.15, 0.2) is 12.4 Å². The fourth-order valence-electron chi connectivity index (χ4n) is 1.13. The molecular formula is C9H16N4O. The molecule has 0 radical (unpaired) electrons. The Morgan fingerprint density at radius 1 is 1.79 bits per heavy atom. The van der Waals surface area contributed by atoms with Crippen molar-refractivity contribution in [1.29, 1.82) is 0 Å². The van der Waals surface area contributed by atoms with Crippen LogP contribution in [0.5, 0.6) is 0 Å². The molecule has 0 saturated heterocycles. The van der Waals surface area contributed by atoms with E-state index in [9.17, 15) is 4.79 Å². The maximum absolute atomic E-state index is 11.6. The van der Waals surface area contributed by atoms with Gasteiger partial charge in [0.05, 0.1) is 11.8 Å². The topological polar surface area (TPSA) is 72.9 Å². The number of nitrogens with two attached hydrogens (primary N) is 1. The lowest BCUT2D eigenvalue weighted by Gasteiger charge is -2.13. The van der Waals surface area contributed by atoms with Crippen LogP contribution in [0.1, 0.15) is 23.7 Å². The quantitative estimate of drug-likeness (QED) is 0.705. The summed E-state index contributed by atoms with van der Waals surface area (Å²) in [6.07, 6.45) is 4.06. The average Bonchev–Trinajstić information content (AvgIpc) is 2.61. The second-order valence-corrected chi connectivity index (χ2v) is 3.22. The van der Waals surface area contributed by atoms with Crippen LogP contribution in [-0.2, 0) is 7.05 Å². The lowest BCUT2D eigenvalue weighted by molar-refractivity contribution is 0.0937. The van der Waals surface area contributed by atoms with Crippen LogP contribution < -0.4 is 11.1 Å². The summed E-state index contributed by atoms with van der Waals surface area (Å²) in [7, 11) is 1.77. The lowest BCUT2D eigenvalue weighted by atomic mass is 10.2. The molecule has 1 heterocycles. The summed E-state index contributed by atoms with van der Waals surface area (Å²) >= 11 is 0. The summed E-state index contributed by atoms with van der Waals surface area (Å²) < 4.78 is 1.60. The molecule has 3 N–H and O–H groups in total. The van der Waals surface area contributed by atoms with E-state index in [0.29, 0.717) is 12.1 Å². The molecule has 78 valence electrons. The van der Waals surface area contributed by atoms with Crippen LogP contribution in [-0.4, -0.2) is 28.3 Å². The number of aryl methyl sites for hydroxylation is 1. The van der Waals surface area contributed by atoms with Gasteiger partial charge < -0.3 is 11.1 Å². The summed E-state index contributed by atoms with van der Waals surface area (Å²) in [5.74, 6) is -0.115. The van der Waals surface area contributed by atoms with Gasteiger partial charge in [-0.3, -0.25) is 9.48 Å². The molecule has 5 heteroatoms. The second kappa shape index (κ2) is 4.76. The first-order valence-corrected chi connectivity index (χ1v) is 4.67. The van der Waals surface area contributed by atoms with Gasteiger partial charge in [-0.25, -0.2) is 0 Å². The summed E-state index contributed by atoms with van der Waals surface area (Å²) in [4.78, 5) is 11.6. The Balaban J connectivity index is 2.58. The van der Waals surface area contributed by atoms with Crippen molar-refractivity contribution in [2.75, 3.05) is 6.54 Å². The van der Waals surface area contributed by atoms with Crippen LogP contribution in [0.2, 0.25) is 0 Å². The first-order chi connectivity index (χ1) is 6.67. The first kappa shape index (κ1) is 10.7. The van der Waals surface area contributed by atoms with E-state index >= 15 is 0 Å². The predicted octanol–water partition coefficient (Wildman–Crippen LogP) is -0.113. The molecule has 0 fully saturated rings. The summed E-state index contributed by atoms with van der Waals surface area (Å²) in [5, 5.41) is 6.75. The van der Waals surface area contributed by atoms with Gasteiger partial charge in [0.2, 0.25) is 0 Å². The molecule has 14 heavy (non-hydrogen) atoms. The molecule has 0 aromatic carbocycles. The van der Waals surface area contributed by atoms with E-state index in [1.165, 1.54) is 0 Å². The zero-order valence-corrected chi connectivity index (χ0v) is 8.53. The monoisotopic (exact) mass is 196 g/mol. The Hall–Kier alpha value is -1.36. The lowest BCUT2D eigenvalue weighted by Crippen LogP contribution is -2.39. The van der Waals surface area contributed by atoms with Crippen molar-refractivity contribution in [2.24, 2.45) is 12.8 Å². The predicted molar refractivity (Wildman–Crippen MR) is 53.8 cm³/mol. The maximum atomic E-state index is 11.6. The average molecular weight is 196 g/mol. The van der Waals surface area contributed by atoms with Gasteiger partial charge in [0.25, 0.3) is 5.91 Å². The van der Waals surface area contributed by atoms with Gasteiger partial charge in [-0.05, 0) is 6.42 Å². The first-order valence-electron chi connectivity index (χ1n) is 4.67. The number of rotatable bonds is 4. The van der Waals surface area contributed by atoms with Gasteiger partial charge in [0.15, 0.2) is 0 Å². The minimum atomic E-state index is -0.115. The van der Waals surface area contributed by atoms with E-state index < -0.39 is 0 Å². The number of aromatic nitrogens is 2. The van der Waals surface area contributed by atoms with Crippen molar-refractivity contribution in [2.45, 2.75) is 19.4 Å². The van der Waals surface area contributed by atoms with Crippen molar-refractivity contribution in [3.63, 3.8) is 0 Å². The van der Waals surface area contributed by atoms with Crippen molar-refractivity contribution < 1.29 is 4.79 Å². The van der Waals surface area contributed by atoms with Crippen molar-refractivity contribution in [3.8, 4) is 0 Å². The fourth-order valence-corrected chi connectivity index (χ4v) is 1.13. The number of nitrogens with one attached hydrogen (secondary N) is 1. The Labute approximate surface area is 83.3 Å². The smallest absolute Gasteiger partial charge is 0.254 e. The molecule has 0 spiro atoms. The Bertz CT molecular complexity index is 304. The highest BCUT2D eigenvalue weighted by atomic mass is 16.1. The number of amides is 1. The fraction of sp³-hybridized carbons (Fsp3) is 0.556. The third-order valence-electron chi connectivity index (χ3n) is 2.08. The van der Waals surface area contributed by atoms with Crippen LogP contribution in [0.3, 0.4) is 0 Å². The van der Waals surface area contributed by atoms with Gasteiger partial charge in [-0.15, -0.1) is 0 Å². The highest BCUT2D eigenvalue weighted by Gasteiger charge is 2.11. The SMILES string of the molecule is CCC(CN)NC(=O)c1cnn(C)c1. The second-order valence-electron chi connectivity index (χ2n) is 3.22. The molecule has 1 aromatic heterocycles. The van der Waals surface area contributed by atoms with E-state index in [4.69, 9.17) is 5.73 Å². The molecule has 1 rings (SSSR count). The number of carbonyl (C=O) groups is 1. The Morgan fingerprint density at radius 2 is 2.50 bits per heavy atom. The number of carbonyl (C=O) groups excluding carboxylic acids is 1. The minimum Gasteiger partial charge on any atom is -0.348 e. The Kier molecular flexibility index (Phi) is 3.64. The molecule has 1 unspecified atom stereocenters. The third-order valence-corrected chi connectivity index (χ3v) is 2.08. The standard InChI is InChI=1S/C9H16N4O/c1-3-8(4-10)12-9(14)7-5-11-13(2)6-7/h5-6,8H,3-4,10H2,1-2H3,(H,12,14). The highest BCUT2D eigenvalue weighted by Crippen LogP contribution is 1.97. The minimum absolute atomic E-state index is 0.0442. The molecule has 0 aliphatic heterocycles. The van der Waals surface area contributed by atoms with Gasteiger partial charge >= 0.3 is 0 Å². The van der Waals surface area contributed by atoms with E-state index in [0.717, 1.165) is 6.42 Å². The summed E-state index contributed by atoms with van der Waals surface area (Å²) in [6, 6.07) is 0.0442. The molecule has 0 bridgehead atoms. The van der Waals surface area contributed by atoms with E-state index in [1.807, 2.05) is 6.92 Å². The van der Waals surface area contributed by atoms with Crippen molar-refractivity contribution in [3.05, 3.63) is 18.0 Å². The number of hydrogen-bond acceptors (Lipinski definition) is 3. The largest absolute Gasteiger partial charge is 0.348 e. The highest BCUT2D eigenvalue weighted by molar-refractivity contribution is 5.93. The van der Waals surface area contributed by atoms with E-state index in [-0.39, 0.29) is 11.9 Å². The molecule has 0 aliphatic rings. The summed E-state index contributed by atoms with van der Waals surface area (Å²) in [6.45, 7) is 2.45. The maximum Gasteiger partial charge on any atom is 0.254 e. The molecule has 1 aromatic rings. The molecule has 0 aliphatic carbocycles. The normalized spacial score (nSPS) is 12.5. The van der Waals surface area contributed by atoms with Gasteiger partial charge in [0.1, 0.15) is 0 Å². The molecule has 0 saturated carbocycles. The Morgan fingerprint density at radius 3 is 2.93 bits per heavy atom. The zero-order valence-electron chi connectivity index (χ0n) is 8.53. The number of hydrogen-bond donors (Lipinski definition) is 2. The molecular weight excluding hydrogens is 180 g/mol. The van der Waals surface area contributed by atoms with Crippen molar-refractivity contribution >= 4 is 5.91 Å². The van der Waals surface area contributed by atoms with E-state index in [1.54, 1.807) is 24.1 Å². The molecule has 1 amide bonds.